The van der Waals surface area contributed by atoms with Gasteiger partial charge in [0, 0.05) is 9.65 Å². The maximum Gasteiger partial charge on any atom is 0.270 e. The third kappa shape index (κ3) is 6.20. The molecule has 0 unspecified atom stereocenters. The Balaban J connectivity index is 1.87. The Labute approximate surface area is 181 Å². The highest BCUT2D eigenvalue weighted by Crippen LogP contribution is 2.27. The van der Waals surface area contributed by atoms with E-state index in [2.05, 4.69) is 38.8 Å². The zero-order valence-electron chi connectivity index (χ0n) is 15.1. The first kappa shape index (κ1) is 21.6. The number of halogens is 1. The fraction of sp³-hybridized carbons (Fsp3) is 0.105. The van der Waals surface area contributed by atoms with Crippen molar-refractivity contribution >= 4 is 57.8 Å². The number of ether oxygens (including phenoxy) is 2. The van der Waals surface area contributed by atoms with Crippen LogP contribution in [-0.4, -0.2) is 31.1 Å². The van der Waals surface area contributed by atoms with Crippen molar-refractivity contribution in [2.24, 2.45) is 0 Å². The molecule has 0 bridgehead atoms. The Morgan fingerprint density at radius 2 is 1.75 bits per heavy atom. The van der Waals surface area contributed by atoms with Crippen LogP contribution in [-0.2, 0) is 4.79 Å². The van der Waals surface area contributed by atoms with E-state index in [1.54, 1.807) is 43.5 Å². The summed E-state index contributed by atoms with van der Waals surface area (Å²) in [6.45, 7) is 0. The lowest BCUT2D eigenvalue weighted by molar-refractivity contribution is -0.115. The molecule has 0 radical (unpaired) electrons. The smallest absolute Gasteiger partial charge is 0.270 e. The van der Waals surface area contributed by atoms with E-state index in [9.17, 15) is 9.59 Å². The van der Waals surface area contributed by atoms with Crippen LogP contribution in [0.5, 0.6) is 11.5 Å². The van der Waals surface area contributed by atoms with Crippen LogP contribution in [0.15, 0.2) is 48.5 Å². The number of hydrogen-bond acceptors (Lipinski definition) is 5. The molecule has 0 aromatic heterocycles. The molecule has 0 saturated heterocycles. The minimum absolute atomic E-state index is 0.0266. The molecule has 0 saturated carbocycles. The molecule has 0 spiro atoms. The molecular formula is C19H18IN3O4S. The minimum atomic E-state index is -0.448. The predicted octanol–water partition coefficient (Wildman–Crippen LogP) is 2.66. The average Bonchev–Trinajstić information content (AvgIpc) is 2.70. The van der Waals surface area contributed by atoms with Crippen LogP contribution in [0.2, 0.25) is 0 Å². The van der Waals surface area contributed by atoms with E-state index >= 15 is 0 Å². The fourth-order valence-electron chi connectivity index (χ4n) is 2.14. The molecule has 0 aliphatic carbocycles. The van der Waals surface area contributed by atoms with Gasteiger partial charge in [0.05, 0.1) is 19.8 Å². The third-order valence-corrected chi connectivity index (χ3v) is 4.62. The first-order valence-electron chi connectivity index (χ1n) is 8.00. The number of carbonyl (C=O) groups excluding carboxylic acids is 2. The first-order valence-corrected chi connectivity index (χ1v) is 9.49. The second-order valence-corrected chi connectivity index (χ2v) is 6.90. The van der Waals surface area contributed by atoms with Gasteiger partial charge >= 0.3 is 0 Å². The van der Waals surface area contributed by atoms with E-state index in [1.807, 2.05) is 12.1 Å². The second kappa shape index (κ2) is 10.6. The van der Waals surface area contributed by atoms with E-state index in [4.69, 9.17) is 21.7 Å². The molecule has 0 aliphatic rings. The van der Waals surface area contributed by atoms with Crippen molar-refractivity contribution < 1.29 is 19.1 Å². The van der Waals surface area contributed by atoms with Gasteiger partial charge in [0.25, 0.3) is 5.91 Å². The predicted molar refractivity (Wildman–Crippen MR) is 119 cm³/mol. The Morgan fingerprint density at radius 3 is 2.43 bits per heavy atom. The number of hydrazine groups is 1. The van der Waals surface area contributed by atoms with Gasteiger partial charge in [-0.1, -0.05) is 18.2 Å². The van der Waals surface area contributed by atoms with Gasteiger partial charge in [-0.25, -0.2) is 0 Å². The van der Waals surface area contributed by atoms with Crippen molar-refractivity contribution in [3.05, 3.63) is 63.2 Å². The summed E-state index contributed by atoms with van der Waals surface area (Å²) in [5.41, 5.74) is 6.19. The van der Waals surface area contributed by atoms with Gasteiger partial charge in [0.15, 0.2) is 16.6 Å². The summed E-state index contributed by atoms with van der Waals surface area (Å²) in [7, 11) is 3.08. The van der Waals surface area contributed by atoms with Gasteiger partial charge < -0.3 is 9.47 Å². The average molecular weight is 511 g/mol. The summed E-state index contributed by atoms with van der Waals surface area (Å²) < 4.78 is 11.2. The first-order chi connectivity index (χ1) is 13.4. The van der Waals surface area contributed by atoms with Crippen molar-refractivity contribution in [1.82, 2.24) is 16.2 Å². The van der Waals surface area contributed by atoms with Crippen molar-refractivity contribution in [3.8, 4) is 11.5 Å². The Hall–Kier alpha value is -2.66. The van der Waals surface area contributed by atoms with Gasteiger partial charge in [0.1, 0.15) is 0 Å². The lowest BCUT2D eigenvalue weighted by Crippen LogP contribution is -2.48. The number of amides is 2. The van der Waals surface area contributed by atoms with Crippen LogP contribution in [0, 0.1) is 3.57 Å². The molecule has 2 aromatic rings. The molecule has 0 fully saturated rings. The molecule has 0 heterocycles. The molecule has 0 atom stereocenters. The highest BCUT2D eigenvalue weighted by Gasteiger charge is 2.09. The summed E-state index contributed by atoms with van der Waals surface area (Å²) in [6, 6.07) is 12.4. The van der Waals surface area contributed by atoms with Gasteiger partial charge in [-0.05, 0) is 70.7 Å². The zero-order chi connectivity index (χ0) is 20.5. The van der Waals surface area contributed by atoms with E-state index < -0.39 is 5.91 Å². The third-order valence-electron chi connectivity index (χ3n) is 3.48. The molecule has 2 amide bonds. The number of methoxy groups -OCH3 is 2. The highest BCUT2D eigenvalue weighted by molar-refractivity contribution is 14.1. The summed E-state index contributed by atoms with van der Waals surface area (Å²) in [5.74, 6) is 0.345. The monoisotopic (exact) mass is 511 g/mol. The standard InChI is InChI=1S/C19H18IN3O4S/c1-26-15-9-7-12(11-16(15)27-2)8-10-17(24)21-19(28)23-22-18(25)13-5-3-4-6-14(13)20/h3-11H,1-2H3,(H,22,25)(H2,21,23,24,28). The van der Waals surface area contributed by atoms with Crippen molar-refractivity contribution in [1.29, 1.82) is 0 Å². The quantitative estimate of drug-likeness (QED) is 0.248. The normalized spacial score (nSPS) is 10.2. The lowest BCUT2D eigenvalue weighted by atomic mass is 10.2. The zero-order valence-corrected chi connectivity index (χ0v) is 18.1. The summed E-state index contributed by atoms with van der Waals surface area (Å²) in [4.78, 5) is 24.1. The molecule has 28 heavy (non-hydrogen) atoms. The van der Waals surface area contributed by atoms with Crippen molar-refractivity contribution in [3.63, 3.8) is 0 Å². The number of rotatable bonds is 5. The van der Waals surface area contributed by atoms with Crippen LogP contribution >= 0.6 is 34.8 Å². The fourth-order valence-corrected chi connectivity index (χ4v) is 2.92. The van der Waals surface area contributed by atoms with Crippen LogP contribution in [0.1, 0.15) is 15.9 Å². The topological polar surface area (TPSA) is 88.7 Å². The molecule has 2 rings (SSSR count). The molecule has 3 N–H and O–H groups in total. The number of carbonyl (C=O) groups is 2. The second-order valence-electron chi connectivity index (χ2n) is 5.33. The molecule has 146 valence electrons. The lowest BCUT2D eigenvalue weighted by Gasteiger charge is -2.10. The van der Waals surface area contributed by atoms with Gasteiger partial charge in [-0.2, -0.15) is 0 Å². The van der Waals surface area contributed by atoms with Gasteiger partial charge in [0.2, 0.25) is 5.91 Å². The Kier molecular flexibility index (Phi) is 8.20. The van der Waals surface area contributed by atoms with Crippen LogP contribution in [0.25, 0.3) is 6.08 Å². The number of hydrogen-bond donors (Lipinski definition) is 3. The van der Waals surface area contributed by atoms with Gasteiger partial charge in [-0.3, -0.25) is 25.8 Å². The molecule has 2 aromatic carbocycles. The van der Waals surface area contributed by atoms with Crippen LogP contribution in [0.3, 0.4) is 0 Å². The highest BCUT2D eigenvalue weighted by atomic mass is 127. The van der Waals surface area contributed by atoms with E-state index in [1.165, 1.54) is 13.2 Å². The molecule has 7 nitrogen and oxygen atoms in total. The summed E-state index contributed by atoms with van der Waals surface area (Å²) in [6.07, 6.45) is 2.92. The Morgan fingerprint density at radius 1 is 1.04 bits per heavy atom. The van der Waals surface area contributed by atoms with Crippen molar-refractivity contribution in [2.75, 3.05) is 14.2 Å². The minimum Gasteiger partial charge on any atom is -0.493 e. The number of benzene rings is 2. The molecular weight excluding hydrogens is 493 g/mol. The maximum absolute atomic E-state index is 12.1. The van der Waals surface area contributed by atoms with Crippen LogP contribution < -0.4 is 25.6 Å². The van der Waals surface area contributed by atoms with E-state index in [0.717, 1.165) is 9.13 Å². The number of nitrogens with one attached hydrogen (secondary N) is 3. The Bertz CT molecular complexity index is 918. The van der Waals surface area contributed by atoms with Crippen molar-refractivity contribution in [2.45, 2.75) is 0 Å². The molecule has 9 heteroatoms. The summed E-state index contributed by atoms with van der Waals surface area (Å²) in [5, 5.41) is 2.42. The maximum atomic E-state index is 12.1. The van der Waals surface area contributed by atoms with Gasteiger partial charge in [-0.15, -0.1) is 0 Å². The number of thiocarbonyl (C=S) groups is 1. The SMILES string of the molecule is COc1ccc(C=CC(=O)NC(=S)NNC(=O)c2ccccc2I)cc1OC. The van der Waals surface area contributed by atoms with E-state index in [-0.39, 0.29) is 11.0 Å². The van der Waals surface area contributed by atoms with Crippen LogP contribution in [0.4, 0.5) is 0 Å². The summed E-state index contributed by atoms with van der Waals surface area (Å²) >= 11 is 7.07. The largest absolute Gasteiger partial charge is 0.493 e. The molecule has 0 aliphatic heterocycles. The van der Waals surface area contributed by atoms with E-state index in [0.29, 0.717) is 17.1 Å².